The summed E-state index contributed by atoms with van der Waals surface area (Å²) in [7, 11) is 1.79. The number of halogens is 2. The fraction of sp³-hybridized carbons (Fsp3) is 0.240. The van der Waals surface area contributed by atoms with Crippen LogP contribution in [0.1, 0.15) is 22.8 Å². The van der Waals surface area contributed by atoms with E-state index in [0.717, 1.165) is 5.56 Å². The molecule has 3 aromatic rings. The molecule has 3 aliphatic heterocycles. The Balaban J connectivity index is 1.60. The van der Waals surface area contributed by atoms with Crippen molar-refractivity contribution in [1.29, 1.82) is 0 Å². The number of thioether (sulfide) groups is 1. The van der Waals surface area contributed by atoms with Crippen LogP contribution in [0.25, 0.3) is 0 Å². The lowest BCUT2D eigenvalue weighted by molar-refractivity contribution is -0.138. The summed E-state index contributed by atoms with van der Waals surface area (Å²) in [6.07, 6.45) is 1.53. The molecular formula is C25H19ClFN3O3S2. The lowest BCUT2D eigenvalue weighted by Gasteiger charge is -2.41. The van der Waals surface area contributed by atoms with Crippen LogP contribution in [0.2, 0.25) is 5.02 Å². The smallest absolute Gasteiger partial charge is 0.251 e. The van der Waals surface area contributed by atoms with Gasteiger partial charge in [-0.15, -0.1) is 0 Å². The SMILES string of the molecule is CN1C[C@H](c2ccc(Cl)cc2)[C@]2(SC(=S)N(Cc3ccco3)C2=O)[C@]12C(=O)Nc1ccc(F)cc12. The second kappa shape index (κ2) is 7.89. The van der Waals surface area contributed by atoms with Gasteiger partial charge in [0.15, 0.2) is 5.54 Å². The van der Waals surface area contributed by atoms with Gasteiger partial charge in [-0.25, -0.2) is 4.39 Å². The van der Waals surface area contributed by atoms with E-state index in [-0.39, 0.29) is 18.4 Å². The third-order valence-electron chi connectivity index (χ3n) is 7.20. The highest BCUT2D eigenvalue weighted by Crippen LogP contribution is 2.66. The van der Waals surface area contributed by atoms with Crippen molar-refractivity contribution in [1.82, 2.24) is 9.80 Å². The monoisotopic (exact) mass is 527 g/mol. The fourth-order valence-electron chi connectivity index (χ4n) is 5.78. The molecule has 3 atom stereocenters. The minimum atomic E-state index is -1.47. The van der Waals surface area contributed by atoms with E-state index in [1.54, 1.807) is 31.3 Å². The summed E-state index contributed by atoms with van der Waals surface area (Å²) in [6.45, 7) is 0.519. The van der Waals surface area contributed by atoms with E-state index in [2.05, 4.69) is 5.32 Å². The van der Waals surface area contributed by atoms with Crippen molar-refractivity contribution in [2.45, 2.75) is 22.7 Å². The van der Waals surface area contributed by atoms with Crippen molar-refractivity contribution in [3.8, 4) is 0 Å². The molecule has 2 amide bonds. The fourth-order valence-corrected chi connectivity index (χ4v) is 8.04. The summed E-state index contributed by atoms with van der Waals surface area (Å²) >= 11 is 13.1. The van der Waals surface area contributed by atoms with E-state index in [4.69, 9.17) is 28.2 Å². The van der Waals surface area contributed by atoms with Gasteiger partial charge >= 0.3 is 0 Å². The van der Waals surface area contributed by atoms with Crippen molar-refractivity contribution in [3.63, 3.8) is 0 Å². The van der Waals surface area contributed by atoms with E-state index in [1.165, 1.54) is 41.1 Å². The molecule has 10 heteroatoms. The number of carbonyl (C=O) groups excluding carboxylic acids is 2. The zero-order valence-corrected chi connectivity index (χ0v) is 20.8. The number of nitrogens with zero attached hydrogens (tertiary/aromatic N) is 2. The molecule has 6 nitrogen and oxygen atoms in total. The van der Waals surface area contributed by atoms with Crippen LogP contribution in [0.3, 0.4) is 0 Å². The molecule has 1 aromatic heterocycles. The Morgan fingerprint density at radius 1 is 1.23 bits per heavy atom. The van der Waals surface area contributed by atoms with Crippen LogP contribution in [0.15, 0.2) is 65.3 Å². The van der Waals surface area contributed by atoms with Gasteiger partial charge < -0.3 is 9.73 Å². The maximum atomic E-state index is 14.6. The first-order chi connectivity index (χ1) is 16.8. The lowest BCUT2D eigenvalue weighted by atomic mass is 9.72. The molecule has 2 spiro atoms. The molecule has 2 fully saturated rings. The second-order valence-electron chi connectivity index (χ2n) is 8.91. The van der Waals surface area contributed by atoms with E-state index in [9.17, 15) is 14.0 Å². The van der Waals surface area contributed by atoms with Gasteiger partial charge in [0.05, 0.1) is 12.8 Å². The average Bonchev–Trinajstić information content (AvgIpc) is 3.56. The van der Waals surface area contributed by atoms with E-state index >= 15 is 0 Å². The van der Waals surface area contributed by atoms with Gasteiger partial charge in [-0.3, -0.25) is 19.4 Å². The molecule has 6 rings (SSSR count). The molecule has 178 valence electrons. The molecule has 35 heavy (non-hydrogen) atoms. The molecule has 3 aliphatic rings. The van der Waals surface area contributed by atoms with Crippen LogP contribution in [0, 0.1) is 5.82 Å². The minimum absolute atomic E-state index is 0.143. The Labute approximate surface area is 215 Å². The van der Waals surface area contributed by atoms with Crippen LogP contribution in [0.5, 0.6) is 0 Å². The minimum Gasteiger partial charge on any atom is -0.467 e. The molecule has 4 heterocycles. The van der Waals surface area contributed by atoms with Crippen molar-refractivity contribution in [2.24, 2.45) is 0 Å². The summed E-state index contributed by atoms with van der Waals surface area (Å²) in [5.41, 5.74) is 0.297. The van der Waals surface area contributed by atoms with Gasteiger partial charge in [0, 0.05) is 28.7 Å². The number of thiocarbonyl (C=S) groups is 1. The summed E-state index contributed by atoms with van der Waals surface area (Å²) in [5.74, 6) is -1.02. The number of furan rings is 1. The molecule has 0 unspecified atom stereocenters. The van der Waals surface area contributed by atoms with Gasteiger partial charge in [-0.2, -0.15) is 0 Å². The maximum Gasteiger partial charge on any atom is 0.251 e. The maximum absolute atomic E-state index is 14.6. The largest absolute Gasteiger partial charge is 0.467 e. The summed E-state index contributed by atoms with van der Waals surface area (Å²) in [4.78, 5) is 31.8. The van der Waals surface area contributed by atoms with Crippen LogP contribution in [-0.4, -0.2) is 44.3 Å². The number of fused-ring (bicyclic) bond motifs is 3. The molecule has 0 radical (unpaired) electrons. The number of likely N-dealkylation sites (tertiary alicyclic amines) is 1. The van der Waals surface area contributed by atoms with E-state index < -0.39 is 22.0 Å². The number of likely N-dealkylation sites (N-methyl/N-ethyl adjacent to an activating group) is 1. The summed E-state index contributed by atoms with van der Waals surface area (Å²) in [5, 5.41) is 3.47. The van der Waals surface area contributed by atoms with E-state index in [1.807, 2.05) is 17.0 Å². The highest BCUT2D eigenvalue weighted by molar-refractivity contribution is 8.25. The molecule has 0 aliphatic carbocycles. The molecule has 1 N–H and O–H groups in total. The molecule has 0 bridgehead atoms. The average molecular weight is 528 g/mol. The highest BCUT2D eigenvalue weighted by atomic mass is 35.5. The van der Waals surface area contributed by atoms with Gasteiger partial charge in [-0.05, 0) is 55.1 Å². The lowest BCUT2D eigenvalue weighted by Crippen LogP contribution is -2.61. The normalized spacial score (nSPS) is 27.9. The van der Waals surface area contributed by atoms with Gasteiger partial charge in [-0.1, -0.05) is 47.7 Å². The second-order valence-corrected chi connectivity index (χ2v) is 11.2. The third-order valence-corrected chi connectivity index (χ3v) is 9.40. The van der Waals surface area contributed by atoms with Gasteiger partial charge in [0.2, 0.25) is 5.91 Å². The number of amides is 2. The number of anilines is 1. The van der Waals surface area contributed by atoms with Crippen LogP contribution >= 0.6 is 35.6 Å². The Morgan fingerprint density at radius 3 is 2.71 bits per heavy atom. The number of benzene rings is 2. The number of hydrogen-bond acceptors (Lipinski definition) is 6. The number of carbonyl (C=O) groups is 2. The topological polar surface area (TPSA) is 65.8 Å². The van der Waals surface area contributed by atoms with Crippen molar-refractivity contribution in [3.05, 3.63) is 88.6 Å². The first kappa shape index (κ1) is 22.7. The Morgan fingerprint density at radius 2 is 2.00 bits per heavy atom. The summed E-state index contributed by atoms with van der Waals surface area (Å²) < 4.78 is 19.0. The quantitative estimate of drug-likeness (QED) is 0.496. The Kier molecular flexibility index (Phi) is 5.12. The third kappa shape index (κ3) is 2.95. The zero-order valence-electron chi connectivity index (χ0n) is 18.5. The van der Waals surface area contributed by atoms with Crippen molar-refractivity contribution in [2.75, 3.05) is 18.9 Å². The predicted molar refractivity (Wildman–Crippen MR) is 136 cm³/mol. The summed E-state index contributed by atoms with van der Waals surface area (Å²) in [6, 6.07) is 15.0. The van der Waals surface area contributed by atoms with Crippen LogP contribution in [-0.2, 0) is 21.7 Å². The van der Waals surface area contributed by atoms with Crippen LogP contribution < -0.4 is 5.32 Å². The van der Waals surface area contributed by atoms with Crippen molar-refractivity contribution < 1.29 is 18.4 Å². The molecule has 2 saturated heterocycles. The molecule has 0 saturated carbocycles. The molecule has 2 aromatic carbocycles. The number of hydrogen-bond donors (Lipinski definition) is 1. The molecular weight excluding hydrogens is 509 g/mol. The van der Waals surface area contributed by atoms with E-state index in [0.29, 0.717) is 32.9 Å². The van der Waals surface area contributed by atoms with Crippen molar-refractivity contribution >= 4 is 57.4 Å². The zero-order chi connectivity index (χ0) is 24.5. The first-order valence-corrected chi connectivity index (χ1v) is 12.5. The first-order valence-electron chi connectivity index (χ1n) is 10.9. The van der Waals surface area contributed by atoms with Gasteiger partial charge in [0.1, 0.15) is 20.6 Å². The predicted octanol–water partition coefficient (Wildman–Crippen LogP) is 4.75. The standard InChI is InChI=1S/C25H19ClFN3O3S2/c1-29-13-19(14-4-6-15(26)7-5-14)25(22(32)30(23(34)35-25)12-17-3-2-10-33-17)24(29)18-11-16(27)8-9-20(18)28-21(24)31/h2-11,19H,12-13H2,1H3,(H,28,31)/t19-,24+,25-/m1/s1. The Hall–Kier alpha value is -2.72. The number of nitrogens with one attached hydrogen (secondary N) is 1. The number of rotatable bonds is 3. The Bertz CT molecular complexity index is 1380. The van der Waals surface area contributed by atoms with Gasteiger partial charge in [0.25, 0.3) is 5.91 Å². The van der Waals surface area contributed by atoms with Crippen LogP contribution in [0.4, 0.5) is 10.1 Å². The highest BCUT2D eigenvalue weighted by Gasteiger charge is 2.77.